The van der Waals surface area contributed by atoms with Crippen LogP contribution in [0.3, 0.4) is 0 Å². The molecule has 0 spiro atoms. The van der Waals surface area contributed by atoms with E-state index in [-0.39, 0.29) is 5.91 Å². The van der Waals surface area contributed by atoms with E-state index in [9.17, 15) is 4.79 Å². The third kappa shape index (κ3) is 4.07. The molecule has 0 N–H and O–H groups in total. The number of carbonyl (C=O) groups excluding carboxylic acids is 1. The molecule has 116 valence electrons. The Bertz CT molecular complexity index is 739. The molecule has 0 bridgehead atoms. The van der Waals surface area contributed by atoms with Crippen LogP contribution in [0.5, 0.6) is 0 Å². The van der Waals surface area contributed by atoms with Gasteiger partial charge < -0.3 is 0 Å². The summed E-state index contributed by atoms with van der Waals surface area (Å²) < 4.78 is 0. The highest BCUT2D eigenvalue weighted by Crippen LogP contribution is 2.21. The zero-order chi connectivity index (χ0) is 16.1. The van der Waals surface area contributed by atoms with Gasteiger partial charge in [-0.3, -0.25) is 9.69 Å². The standard InChI is InChI=1S/C18H17N3OS/c1-14-7-9-15(10-8-14)11-19-20-18-21(17(22)13-23-18)12-16-5-3-2-4-6-16/h2-11H,12-13H2,1H3/b19-11+,20-18+. The van der Waals surface area contributed by atoms with Crippen LogP contribution in [0.15, 0.2) is 64.8 Å². The molecule has 2 aromatic rings. The van der Waals surface area contributed by atoms with Crippen LogP contribution in [0.2, 0.25) is 0 Å². The maximum atomic E-state index is 12.0. The summed E-state index contributed by atoms with van der Waals surface area (Å²) in [6.07, 6.45) is 1.70. The number of benzene rings is 2. The quantitative estimate of drug-likeness (QED) is 0.639. The first-order chi connectivity index (χ1) is 11.2. The SMILES string of the molecule is Cc1ccc(/C=N/N=C2/SCC(=O)N2Cc2ccccc2)cc1. The largest absolute Gasteiger partial charge is 0.285 e. The van der Waals surface area contributed by atoms with Crippen LogP contribution in [0, 0.1) is 6.92 Å². The summed E-state index contributed by atoms with van der Waals surface area (Å²) in [5.41, 5.74) is 3.28. The highest BCUT2D eigenvalue weighted by molar-refractivity contribution is 8.15. The first-order valence-electron chi connectivity index (χ1n) is 7.37. The Morgan fingerprint density at radius 3 is 2.61 bits per heavy atom. The van der Waals surface area contributed by atoms with E-state index in [2.05, 4.69) is 10.2 Å². The summed E-state index contributed by atoms with van der Waals surface area (Å²) in [7, 11) is 0. The molecule has 1 aliphatic rings. The van der Waals surface area contributed by atoms with Crippen molar-refractivity contribution < 1.29 is 4.79 Å². The van der Waals surface area contributed by atoms with Crippen molar-refractivity contribution in [2.45, 2.75) is 13.5 Å². The average Bonchev–Trinajstić information content (AvgIpc) is 2.91. The summed E-state index contributed by atoms with van der Waals surface area (Å²) in [4.78, 5) is 13.7. The number of nitrogens with zero attached hydrogens (tertiary/aromatic N) is 3. The van der Waals surface area contributed by atoms with Crippen LogP contribution in [0.4, 0.5) is 0 Å². The third-order valence-electron chi connectivity index (χ3n) is 3.47. The third-order valence-corrected chi connectivity index (χ3v) is 4.42. The molecular formula is C18H17N3OS. The van der Waals surface area contributed by atoms with Gasteiger partial charge in [0.05, 0.1) is 18.5 Å². The van der Waals surface area contributed by atoms with Crippen LogP contribution >= 0.6 is 11.8 Å². The van der Waals surface area contributed by atoms with Gasteiger partial charge >= 0.3 is 0 Å². The molecule has 0 atom stereocenters. The zero-order valence-corrected chi connectivity index (χ0v) is 13.7. The molecule has 1 fully saturated rings. The molecule has 0 aromatic heterocycles. The first-order valence-corrected chi connectivity index (χ1v) is 8.36. The van der Waals surface area contributed by atoms with E-state index in [1.54, 1.807) is 11.1 Å². The Morgan fingerprint density at radius 2 is 1.87 bits per heavy atom. The van der Waals surface area contributed by atoms with Crippen molar-refractivity contribution in [1.82, 2.24) is 4.90 Å². The number of hydrogen-bond donors (Lipinski definition) is 0. The van der Waals surface area contributed by atoms with Crippen LogP contribution in [-0.2, 0) is 11.3 Å². The van der Waals surface area contributed by atoms with Gasteiger partial charge in [-0.25, -0.2) is 0 Å². The van der Waals surface area contributed by atoms with Gasteiger partial charge in [-0.2, -0.15) is 5.10 Å². The van der Waals surface area contributed by atoms with Crippen LogP contribution < -0.4 is 0 Å². The minimum absolute atomic E-state index is 0.0724. The van der Waals surface area contributed by atoms with Crippen molar-refractivity contribution in [3.63, 3.8) is 0 Å². The molecule has 0 aliphatic carbocycles. The fraction of sp³-hybridized carbons (Fsp3) is 0.167. The lowest BCUT2D eigenvalue weighted by Gasteiger charge is -2.14. The van der Waals surface area contributed by atoms with Gasteiger partial charge in [-0.05, 0) is 18.1 Å². The summed E-state index contributed by atoms with van der Waals surface area (Å²) in [6.45, 7) is 2.58. The maximum absolute atomic E-state index is 12.0. The minimum atomic E-state index is 0.0724. The van der Waals surface area contributed by atoms with E-state index in [1.807, 2.05) is 61.5 Å². The molecule has 0 radical (unpaired) electrons. The van der Waals surface area contributed by atoms with Crippen LogP contribution in [-0.4, -0.2) is 27.9 Å². The Kier molecular flexibility index (Phi) is 4.88. The maximum Gasteiger partial charge on any atom is 0.239 e. The predicted octanol–water partition coefficient (Wildman–Crippen LogP) is 3.46. The lowest BCUT2D eigenvalue weighted by atomic mass is 10.2. The second-order valence-corrected chi connectivity index (χ2v) is 6.23. The molecule has 4 nitrogen and oxygen atoms in total. The second-order valence-electron chi connectivity index (χ2n) is 5.29. The summed E-state index contributed by atoms with van der Waals surface area (Å²) in [5, 5.41) is 9.01. The molecule has 1 saturated heterocycles. The number of amides is 1. The summed E-state index contributed by atoms with van der Waals surface area (Å²) in [5.74, 6) is 0.495. The Morgan fingerprint density at radius 1 is 1.13 bits per heavy atom. The molecule has 2 aromatic carbocycles. The predicted molar refractivity (Wildman–Crippen MR) is 95.7 cm³/mol. The fourth-order valence-electron chi connectivity index (χ4n) is 2.19. The number of rotatable bonds is 4. The minimum Gasteiger partial charge on any atom is -0.285 e. The Labute approximate surface area is 139 Å². The van der Waals surface area contributed by atoms with Crippen LogP contribution in [0.1, 0.15) is 16.7 Å². The van der Waals surface area contributed by atoms with Crippen molar-refractivity contribution >= 4 is 29.1 Å². The highest BCUT2D eigenvalue weighted by Gasteiger charge is 2.28. The molecule has 1 aliphatic heterocycles. The topological polar surface area (TPSA) is 45.0 Å². The number of hydrogen-bond acceptors (Lipinski definition) is 4. The highest BCUT2D eigenvalue weighted by atomic mass is 32.2. The fourth-order valence-corrected chi connectivity index (χ4v) is 3.03. The normalized spacial score (nSPS) is 16.7. The summed E-state index contributed by atoms with van der Waals surface area (Å²) >= 11 is 1.43. The van der Waals surface area contributed by atoms with Crippen LogP contribution in [0.25, 0.3) is 0 Å². The van der Waals surface area contributed by atoms with Gasteiger partial charge in [0.2, 0.25) is 5.91 Å². The Balaban J connectivity index is 1.72. The molecule has 5 heteroatoms. The van der Waals surface area contributed by atoms with E-state index in [4.69, 9.17) is 0 Å². The van der Waals surface area contributed by atoms with E-state index in [0.29, 0.717) is 17.5 Å². The molecule has 1 heterocycles. The first kappa shape index (κ1) is 15.5. The zero-order valence-electron chi connectivity index (χ0n) is 12.8. The lowest BCUT2D eigenvalue weighted by molar-refractivity contribution is -0.124. The van der Waals surface area contributed by atoms with E-state index < -0.39 is 0 Å². The van der Waals surface area contributed by atoms with Gasteiger partial charge in [-0.15, -0.1) is 5.10 Å². The Hall–Kier alpha value is -2.40. The molecule has 1 amide bonds. The van der Waals surface area contributed by atoms with Crippen molar-refractivity contribution in [2.75, 3.05) is 5.75 Å². The number of thioether (sulfide) groups is 1. The van der Waals surface area contributed by atoms with Gasteiger partial charge in [-0.1, -0.05) is 71.9 Å². The van der Waals surface area contributed by atoms with E-state index >= 15 is 0 Å². The van der Waals surface area contributed by atoms with Gasteiger partial charge in [0.15, 0.2) is 5.17 Å². The van der Waals surface area contributed by atoms with Gasteiger partial charge in [0, 0.05) is 0 Å². The second kappa shape index (κ2) is 7.24. The number of amidine groups is 1. The average molecular weight is 323 g/mol. The van der Waals surface area contributed by atoms with Crippen molar-refractivity contribution in [3.05, 3.63) is 71.3 Å². The number of carbonyl (C=O) groups is 1. The van der Waals surface area contributed by atoms with Gasteiger partial charge in [0.25, 0.3) is 0 Å². The summed E-state index contributed by atoms with van der Waals surface area (Å²) in [6, 6.07) is 18.0. The lowest BCUT2D eigenvalue weighted by Crippen LogP contribution is -2.28. The van der Waals surface area contributed by atoms with Crippen molar-refractivity contribution in [2.24, 2.45) is 10.2 Å². The van der Waals surface area contributed by atoms with E-state index in [0.717, 1.165) is 11.1 Å². The van der Waals surface area contributed by atoms with Crippen molar-refractivity contribution in [1.29, 1.82) is 0 Å². The van der Waals surface area contributed by atoms with Gasteiger partial charge in [0.1, 0.15) is 0 Å². The van der Waals surface area contributed by atoms with Crippen molar-refractivity contribution in [3.8, 4) is 0 Å². The molecule has 3 rings (SSSR count). The number of aryl methyl sites for hydroxylation is 1. The molecule has 0 unspecified atom stereocenters. The smallest absolute Gasteiger partial charge is 0.239 e. The molecular weight excluding hydrogens is 306 g/mol. The molecule has 0 saturated carbocycles. The molecule has 23 heavy (non-hydrogen) atoms. The monoisotopic (exact) mass is 323 g/mol. The van der Waals surface area contributed by atoms with E-state index in [1.165, 1.54) is 17.3 Å².